The maximum absolute atomic E-state index is 13.6. The number of aliphatic carboxylic acids is 1. The quantitative estimate of drug-likeness (QED) is 0.212. The van der Waals surface area contributed by atoms with Crippen molar-refractivity contribution in [2.75, 3.05) is 17.8 Å². The van der Waals surface area contributed by atoms with E-state index in [0.29, 0.717) is 18.6 Å². The van der Waals surface area contributed by atoms with Crippen molar-refractivity contribution in [1.82, 2.24) is 16.0 Å². The van der Waals surface area contributed by atoms with E-state index in [-0.39, 0.29) is 18.6 Å². The average Bonchev–Trinajstić information content (AvgIpc) is 2.86. The highest BCUT2D eigenvalue weighted by Crippen LogP contribution is 2.29. The van der Waals surface area contributed by atoms with Crippen LogP contribution < -0.4 is 21.7 Å². The second-order valence-electron chi connectivity index (χ2n) is 8.82. The molecule has 0 aromatic heterocycles. The third-order valence-corrected chi connectivity index (χ3v) is 7.20. The lowest BCUT2D eigenvalue weighted by atomic mass is 9.80. The highest BCUT2D eigenvalue weighted by molar-refractivity contribution is 7.98. The van der Waals surface area contributed by atoms with Crippen molar-refractivity contribution in [2.45, 2.75) is 68.6 Å². The van der Waals surface area contributed by atoms with Gasteiger partial charge >= 0.3 is 5.97 Å². The zero-order chi connectivity index (χ0) is 25.8. The molecule has 1 aromatic rings. The lowest BCUT2D eigenvalue weighted by Crippen LogP contribution is -2.65. The third kappa shape index (κ3) is 8.73. The van der Waals surface area contributed by atoms with E-state index in [1.165, 1.54) is 11.8 Å². The molecule has 0 spiro atoms. The van der Waals surface area contributed by atoms with Crippen LogP contribution in [0.3, 0.4) is 0 Å². The number of benzene rings is 1. The number of carbonyl (C=O) groups is 4. The van der Waals surface area contributed by atoms with Crippen LogP contribution in [0.25, 0.3) is 0 Å². The summed E-state index contributed by atoms with van der Waals surface area (Å²) in [5.74, 6) is -1.95. The second-order valence-corrected chi connectivity index (χ2v) is 10.2. The average molecular weight is 525 g/mol. The molecule has 11 heteroatoms. The molecule has 1 aromatic carbocycles. The minimum atomic E-state index is -1.18. The predicted molar refractivity (Wildman–Crippen MR) is 140 cm³/mol. The van der Waals surface area contributed by atoms with Gasteiger partial charge in [-0.3, -0.25) is 14.4 Å². The summed E-state index contributed by atoms with van der Waals surface area (Å²) in [6.07, 6.45) is 5.57. The molecule has 0 bridgehead atoms. The lowest BCUT2D eigenvalue weighted by Gasteiger charge is -2.38. The van der Waals surface area contributed by atoms with Gasteiger partial charge in [-0.25, -0.2) is 4.79 Å². The predicted octanol–water partition coefficient (Wildman–Crippen LogP) is 1.11. The minimum Gasteiger partial charge on any atom is -0.480 e. The molecular weight excluding hydrogens is 488 g/mol. The smallest absolute Gasteiger partial charge is 0.326 e. The zero-order valence-corrected chi connectivity index (χ0v) is 21.7. The molecule has 9 nitrogen and oxygen atoms in total. The third-order valence-electron chi connectivity index (χ3n) is 6.17. The zero-order valence-electron chi connectivity index (χ0n) is 20.0. The number of thiol groups is 1. The highest BCUT2D eigenvalue weighted by atomic mass is 32.2. The van der Waals surface area contributed by atoms with Crippen molar-refractivity contribution in [1.29, 1.82) is 0 Å². The van der Waals surface area contributed by atoms with Gasteiger partial charge in [-0.15, -0.1) is 0 Å². The molecule has 0 radical (unpaired) electrons. The van der Waals surface area contributed by atoms with E-state index in [0.717, 1.165) is 24.8 Å². The van der Waals surface area contributed by atoms with Crippen molar-refractivity contribution in [3.8, 4) is 0 Å². The number of carboxylic acids is 1. The first-order valence-corrected chi connectivity index (χ1v) is 13.8. The van der Waals surface area contributed by atoms with Crippen LogP contribution in [-0.4, -0.2) is 70.2 Å². The molecule has 3 atom stereocenters. The molecule has 0 saturated heterocycles. The van der Waals surface area contributed by atoms with E-state index in [1.54, 1.807) is 0 Å². The Labute approximate surface area is 216 Å². The molecule has 1 aliphatic carbocycles. The van der Waals surface area contributed by atoms with Crippen LogP contribution in [0.15, 0.2) is 30.3 Å². The summed E-state index contributed by atoms with van der Waals surface area (Å²) in [6.45, 7) is 0. The molecule has 1 saturated carbocycles. The fourth-order valence-electron chi connectivity index (χ4n) is 4.10. The standard InChI is InChI=1S/C24H36N4O5S2/c1-35-13-10-18(22(31)32)26-21(30)19(14-16-8-4-2-5-9-16)27-23(33)24(11-6-3-7-12-24)28-20(29)17(25)15-34/h2,4-5,8-9,17-19,34H,3,6-7,10-15,25H2,1H3,(H,26,30)(H,27,33)(H,28,29)(H,31,32)/t17-,18-,19-/m0/s1. The summed E-state index contributed by atoms with van der Waals surface area (Å²) in [5, 5.41) is 17.8. The van der Waals surface area contributed by atoms with Gasteiger partial charge in [0.05, 0.1) is 6.04 Å². The van der Waals surface area contributed by atoms with Crippen LogP contribution >= 0.6 is 24.4 Å². The summed E-state index contributed by atoms with van der Waals surface area (Å²) in [4.78, 5) is 51.0. The van der Waals surface area contributed by atoms with Crippen LogP contribution in [-0.2, 0) is 25.6 Å². The van der Waals surface area contributed by atoms with Crippen molar-refractivity contribution in [2.24, 2.45) is 5.73 Å². The number of hydrogen-bond donors (Lipinski definition) is 6. The monoisotopic (exact) mass is 524 g/mol. The molecule has 35 heavy (non-hydrogen) atoms. The van der Waals surface area contributed by atoms with Crippen LogP contribution in [0.4, 0.5) is 0 Å². The van der Waals surface area contributed by atoms with Crippen LogP contribution in [0.2, 0.25) is 0 Å². The first-order valence-electron chi connectivity index (χ1n) is 11.8. The van der Waals surface area contributed by atoms with Crippen LogP contribution in [0.1, 0.15) is 44.1 Å². The largest absolute Gasteiger partial charge is 0.480 e. The van der Waals surface area contributed by atoms with Gasteiger partial charge in [-0.1, -0.05) is 49.6 Å². The summed E-state index contributed by atoms with van der Waals surface area (Å²) in [7, 11) is 0. The van der Waals surface area contributed by atoms with Gasteiger partial charge in [0.15, 0.2) is 0 Å². The molecule has 6 N–H and O–H groups in total. The van der Waals surface area contributed by atoms with Gasteiger partial charge in [0.2, 0.25) is 17.7 Å². The van der Waals surface area contributed by atoms with Gasteiger partial charge in [0, 0.05) is 12.2 Å². The second kappa shape index (κ2) is 14.4. The Morgan fingerprint density at radius 2 is 1.71 bits per heavy atom. The van der Waals surface area contributed by atoms with E-state index >= 15 is 0 Å². The number of carbonyl (C=O) groups excluding carboxylic acids is 3. The summed E-state index contributed by atoms with van der Waals surface area (Å²) < 4.78 is 0. The SMILES string of the molecule is CSCC[C@H](NC(=O)[C@H](Cc1ccccc1)NC(=O)C1(NC(=O)[C@@H](N)CS)CCCCC1)C(=O)O. The van der Waals surface area contributed by atoms with Crippen molar-refractivity contribution in [3.63, 3.8) is 0 Å². The topological polar surface area (TPSA) is 151 Å². The van der Waals surface area contributed by atoms with E-state index < -0.39 is 47.4 Å². The van der Waals surface area contributed by atoms with Crippen LogP contribution in [0, 0.1) is 0 Å². The Kier molecular flexibility index (Phi) is 11.9. The molecule has 1 fully saturated rings. The molecule has 0 aliphatic heterocycles. The maximum atomic E-state index is 13.6. The normalized spacial score (nSPS) is 17.5. The van der Waals surface area contributed by atoms with Gasteiger partial charge in [-0.05, 0) is 36.8 Å². The number of thioether (sulfide) groups is 1. The van der Waals surface area contributed by atoms with Crippen molar-refractivity contribution >= 4 is 48.1 Å². The fraction of sp³-hybridized carbons (Fsp3) is 0.583. The Morgan fingerprint density at radius 1 is 1.06 bits per heavy atom. The summed E-state index contributed by atoms with van der Waals surface area (Å²) >= 11 is 5.56. The first kappa shape index (κ1) is 29.0. The van der Waals surface area contributed by atoms with Gasteiger partial charge in [0.25, 0.3) is 0 Å². The van der Waals surface area contributed by atoms with Gasteiger partial charge < -0.3 is 26.8 Å². The minimum absolute atomic E-state index is 0.134. The lowest BCUT2D eigenvalue weighted by molar-refractivity contribution is -0.142. The molecule has 1 aliphatic rings. The van der Waals surface area contributed by atoms with E-state index in [2.05, 4.69) is 28.6 Å². The van der Waals surface area contributed by atoms with E-state index in [4.69, 9.17) is 5.73 Å². The Morgan fingerprint density at radius 3 is 2.29 bits per heavy atom. The van der Waals surface area contributed by atoms with E-state index in [9.17, 15) is 24.3 Å². The molecule has 194 valence electrons. The summed E-state index contributed by atoms with van der Waals surface area (Å²) in [6, 6.07) is 6.21. The first-order chi connectivity index (χ1) is 16.7. The molecule has 2 rings (SSSR count). The summed E-state index contributed by atoms with van der Waals surface area (Å²) in [5.41, 5.74) is 5.45. The number of nitrogens with one attached hydrogen (secondary N) is 3. The highest BCUT2D eigenvalue weighted by Gasteiger charge is 2.43. The molecular formula is C24H36N4O5S2. The number of nitrogens with two attached hydrogens (primary N) is 1. The van der Waals surface area contributed by atoms with Gasteiger partial charge in [0.1, 0.15) is 17.6 Å². The fourth-order valence-corrected chi connectivity index (χ4v) is 4.73. The molecule has 0 heterocycles. The molecule has 0 unspecified atom stereocenters. The Balaban J connectivity index is 2.27. The number of carboxylic acid groups (broad SMARTS) is 1. The Hall–Kier alpha value is -2.24. The van der Waals surface area contributed by atoms with Crippen molar-refractivity contribution in [3.05, 3.63) is 35.9 Å². The molecule has 3 amide bonds. The Bertz CT molecular complexity index is 865. The number of rotatable bonds is 13. The van der Waals surface area contributed by atoms with E-state index in [1.807, 2.05) is 36.6 Å². The number of amides is 3. The number of hydrogen-bond acceptors (Lipinski definition) is 7. The van der Waals surface area contributed by atoms with Crippen molar-refractivity contribution < 1.29 is 24.3 Å². The maximum Gasteiger partial charge on any atom is 0.326 e. The van der Waals surface area contributed by atoms with Crippen LogP contribution in [0.5, 0.6) is 0 Å². The van der Waals surface area contributed by atoms with Gasteiger partial charge in [-0.2, -0.15) is 24.4 Å².